The van der Waals surface area contributed by atoms with Crippen LogP contribution < -0.4 is 4.72 Å². The molecule has 1 atom stereocenters. The lowest BCUT2D eigenvalue weighted by Gasteiger charge is -2.20. The van der Waals surface area contributed by atoms with E-state index in [1.54, 1.807) is 0 Å². The Kier molecular flexibility index (Phi) is 2.69. The molecule has 1 heterocycles. The highest BCUT2D eigenvalue weighted by Crippen LogP contribution is 2.13. The summed E-state index contributed by atoms with van der Waals surface area (Å²) < 4.78 is 29.0. The molecule has 0 aromatic carbocycles. The molecule has 1 fully saturated rings. The molecule has 1 aliphatic rings. The minimum Gasteiger partial charge on any atom is -0.468 e. The molecule has 0 amide bonds. The lowest BCUT2D eigenvalue weighted by Crippen LogP contribution is -2.44. The monoisotopic (exact) mass is 193 g/mol. The summed E-state index contributed by atoms with van der Waals surface area (Å²) in [7, 11) is -2.27. The van der Waals surface area contributed by atoms with Crippen LogP contribution in [0.4, 0.5) is 0 Å². The van der Waals surface area contributed by atoms with Crippen molar-refractivity contribution in [2.75, 3.05) is 13.7 Å². The molecule has 0 aliphatic carbocycles. The van der Waals surface area contributed by atoms with Gasteiger partial charge in [0, 0.05) is 6.54 Å². The Hall–Kier alpha value is -0.620. The summed E-state index contributed by atoms with van der Waals surface area (Å²) in [5.74, 6) is -0.679. The summed E-state index contributed by atoms with van der Waals surface area (Å²) in [6, 6.07) is 0. The van der Waals surface area contributed by atoms with E-state index in [2.05, 4.69) is 9.46 Å². The first-order chi connectivity index (χ1) is 5.58. The Bertz CT molecular complexity index is 271. The highest BCUT2D eigenvalue weighted by molar-refractivity contribution is 7.90. The van der Waals surface area contributed by atoms with Crippen LogP contribution in [0.1, 0.15) is 12.8 Å². The highest BCUT2D eigenvalue weighted by atomic mass is 32.2. The average Bonchev–Trinajstić information content (AvgIpc) is 2.02. The van der Waals surface area contributed by atoms with E-state index in [0.717, 1.165) is 0 Å². The van der Waals surface area contributed by atoms with Gasteiger partial charge < -0.3 is 4.74 Å². The average molecular weight is 193 g/mol. The van der Waals surface area contributed by atoms with Crippen LogP contribution >= 0.6 is 0 Å². The second-order valence-electron chi connectivity index (χ2n) is 2.59. The topological polar surface area (TPSA) is 72.5 Å². The summed E-state index contributed by atoms with van der Waals surface area (Å²) in [4.78, 5) is 10.9. The number of carbonyl (C=O) groups excluding carboxylic acids is 1. The molecule has 1 aliphatic heterocycles. The van der Waals surface area contributed by atoms with Crippen molar-refractivity contribution in [3.05, 3.63) is 0 Å². The van der Waals surface area contributed by atoms with E-state index in [9.17, 15) is 13.2 Å². The number of carbonyl (C=O) groups is 1. The van der Waals surface area contributed by atoms with Gasteiger partial charge in [-0.3, -0.25) is 4.79 Å². The van der Waals surface area contributed by atoms with Gasteiger partial charge in [0.25, 0.3) is 0 Å². The van der Waals surface area contributed by atoms with E-state index in [-0.39, 0.29) is 0 Å². The van der Waals surface area contributed by atoms with Gasteiger partial charge in [0.1, 0.15) is 0 Å². The van der Waals surface area contributed by atoms with E-state index in [0.29, 0.717) is 19.4 Å². The fourth-order valence-electron chi connectivity index (χ4n) is 1.13. The number of esters is 1. The molecule has 0 aromatic heterocycles. The van der Waals surface area contributed by atoms with Crippen LogP contribution in [-0.2, 0) is 19.6 Å². The van der Waals surface area contributed by atoms with E-state index in [1.165, 1.54) is 7.11 Å². The van der Waals surface area contributed by atoms with Crippen LogP contribution in [0.2, 0.25) is 0 Å². The van der Waals surface area contributed by atoms with E-state index >= 15 is 0 Å². The number of hydrogen-bond donors (Lipinski definition) is 1. The quantitative estimate of drug-likeness (QED) is 0.556. The molecule has 1 rings (SSSR count). The molecule has 0 bridgehead atoms. The lowest BCUT2D eigenvalue weighted by molar-refractivity contribution is -0.140. The molecule has 1 unspecified atom stereocenters. The summed E-state index contributed by atoms with van der Waals surface area (Å²) in [5, 5.41) is -1.02. The third-order valence-corrected chi connectivity index (χ3v) is 3.57. The molecule has 0 aromatic rings. The molecule has 12 heavy (non-hydrogen) atoms. The van der Waals surface area contributed by atoms with E-state index in [4.69, 9.17) is 0 Å². The SMILES string of the molecule is COC(=O)C1CCCNS1(=O)=O. The van der Waals surface area contributed by atoms with E-state index < -0.39 is 21.2 Å². The van der Waals surface area contributed by atoms with Crippen LogP contribution in [0.5, 0.6) is 0 Å². The molecule has 0 spiro atoms. The Labute approximate surface area is 71.1 Å². The van der Waals surface area contributed by atoms with Crippen LogP contribution in [0.25, 0.3) is 0 Å². The largest absolute Gasteiger partial charge is 0.468 e. The number of sulfonamides is 1. The minimum absolute atomic E-state index is 0.349. The third kappa shape index (κ3) is 1.75. The van der Waals surface area contributed by atoms with Crippen molar-refractivity contribution in [2.24, 2.45) is 0 Å². The van der Waals surface area contributed by atoms with Gasteiger partial charge in [-0.15, -0.1) is 0 Å². The van der Waals surface area contributed by atoms with Crippen molar-refractivity contribution in [3.63, 3.8) is 0 Å². The Morgan fingerprint density at radius 2 is 2.25 bits per heavy atom. The van der Waals surface area contributed by atoms with Gasteiger partial charge in [-0.1, -0.05) is 0 Å². The van der Waals surface area contributed by atoms with Crippen LogP contribution in [0.15, 0.2) is 0 Å². The van der Waals surface area contributed by atoms with Crippen molar-refractivity contribution >= 4 is 16.0 Å². The lowest BCUT2D eigenvalue weighted by atomic mass is 10.2. The van der Waals surface area contributed by atoms with Crippen molar-refractivity contribution < 1.29 is 17.9 Å². The number of nitrogens with one attached hydrogen (secondary N) is 1. The zero-order chi connectivity index (χ0) is 9.19. The van der Waals surface area contributed by atoms with Gasteiger partial charge >= 0.3 is 5.97 Å². The first-order valence-electron chi connectivity index (χ1n) is 3.64. The van der Waals surface area contributed by atoms with Crippen LogP contribution in [-0.4, -0.2) is 33.3 Å². The van der Waals surface area contributed by atoms with Crippen molar-refractivity contribution in [1.82, 2.24) is 4.72 Å². The number of methoxy groups -OCH3 is 1. The second kappa shape index (κ2) is 3.40. The molecule has 1 N–H and O–H groups in total. The minimum atomic E-state index is -3.46. The molecular formula is C6H11NO4S. The zero-order valence-electron chi connectivity index (χ0n) is 6.74. The molecule has 0 saturated carbocycles. The zero-order valence-corrected chi connectivity index (χ0v) is 7.56. The van der Waals surface area contributed by atoms with Gasteiger partial charge in [0.05, 0.1) is 7.11 Å². The number of rotatable bonds is 1. The summed E-state index contributed by atoms with van der Waals surface area (Å²) in [5.41, 5.74) is 0. The van der Waals surface area contributed by atoms with Gasteiger partial charge in [-0.25, -0.2) is 13.1 Å². The predicted molar refractivity (Wildman–Crippen MR) is 42.0 cm³/mol. The molecule has 6 heteroatoms. The van der Waals surface area contributed by atoms with Crippen molar-refractivity contribution in [3.8, 4) is 0 Å². The van der Waals surface area contributed by atoms with E-state index in [1.807, 2.05) is 0 Å². The summed E-state index contributed by atoms with van der Waals surface area (Å²) in [6.45, 7) is 0.413. The van der Waals surface area contributed by atoms with Crippen LogP contribution in [0, 0.1) is 0 Å². The normalized spacial score (nSPS) is 27.9. The number of hydrogen-bond acceptors (Lipinski definition) is 4. The van der Waals surface area contributed by atoms with Gasteiger partial charge in [0.15, 0.2) is 5.25 Å². The summed E-state index contributed by atoms with van der Waals surface area (Å²) >= 11 is 0. The fourth-order valence-corrected chi connectivity index (χ4v) is 2.59. The number of ether oxygens (including phenoxy) is 1. The van der Waals surface area contributed by atoms with Gasteiger partial charge in [-0.2, -0.15) is 0 Å². The maximum Gasteiger partial charge on any atom is 0.325 e. The second-order valence-corrected chi connectivity index (χ2v) is 4.54. The smallest absolute Gasteiger partial charge is 0.325 e. The molecule has 70 valence electrons. The Morgan fingerprint density at radius 1 is 1.58 bits per heavy atom. The molecule has 0 radical (unpaired) electrons. The van der Waals surface area contributed by atoms with Gasteiger partial charge in [-0.05, 0) is 12.8 Å². The van der Waals surface area contributed by atoms with Crippen LogP contribution in [0.3, 0.4) is 0 Å². The Balaban J connectivity index is 2.80. The van der Waals surface area contributed by atoms with Gasteiger partial charge in [0.2, 0.25) is 10.0 Å². The maximum atomic E-state index is 11.2. The molecule has 1 saturated heterocycles. The van der Waals surface area contributed by atoms with Crippen molar-refractivity contribution in [2.45, 2.75) is 18.1 Å². The first-order valence-corrected chi connectivity index (χ1v) is 5.19. The van der Waals surface area contributed by atoms with Crippen molar-refractivity contribution in [1.29, 1.82) is 0 Å². The Morgan fingerprint density at radius 3 is 2.75 bits per heavy atom. The highest BCUT2D eigenvalue weighted by Gasteiger charge is 2.35. The molecular weight excluding hydrogens is 182 g/mol. The third-order valence-electron chi connectivity index (χ3n) is 1.78. The molecule has 5 nitrogen and oxygen atoms in total. The predicted octanol–water partition coefficient (Wildman–Crippen LogP) is -0.759. The fraction of sp³-hybridized carbons (Fsp3) is 0.833. The maximum absolute atomic E-state index is 11.2. The standard InChI is InChI=1S/C6H11NO4S/c1-11-6(8)5-3-2-4-7-12(5,9)10/h5,7H,2-4H2,1H3. The summed E-state index contributed by atoms with van der Waals surface area (Å²) in [6.07, 6.45) is 1.03. The first kappa shape index (κ1) is 9.47.